The number of hydrogen-bond donors (Lipinski definition) is 2. The third-order valence-corrected chi connectivity index (χ3v) is 5.49. The van der Waals surface area contributed by atoms with Crippen molar-refractivity contribution in [3.63, 3.8) is 0 Å². The average Bonchev–Trinajstić information content (AvgIpc) is 2.81. The third-order valence-electron chi connectivity index (χ3n) is 5.49. The summed E-state index contributed by atoms with van der Waals surface area (Å²) in [5.41, 5.74) is 7.04. The summed E-state index contributed by atoms with van der Waals surface area (Å²) in [7, 11) is 0. The van der Waals surface area contributed by atoms with E-state index in [1.807, 2.05) is 0 Å². The van der Waals surface area contributed by atoms with Crippen molar-refractivity contribution in [2.24, 2.45) is 11.1 Å². The van der Waals surface area contributed by atoms with E-state index in [4.69, 9.17) is 5.73 Å². The Kier molecular flexibility index (Phi) is 4.14. The van der Waals surface area contributed by atoms with E-state index in [1.54, 1.807) is 0 Å². The van der Waals surface area contributed by atoms with E-state index in [1.165, 1.54) is 57.8 Å². The molecule has 0 radical (unpaired) electrons. The van der Waals surface area contributed by atoms with Gasteiger partial charge in [-0.2, -0.15) is 0 Å². The van der Waals surface area contributed by atoms with E-state index in [0.717, 1.165) is 12.0 Å². The normalized spacial score (nSPS) is 28.4. The second-order valence-corrected chi connectivity index (χ2v) is 6.65. The van der Waals surface area contributed by atoms with Gasteiger partial charge in [-0.1, -0.05) is 19.8 Å². The fraction of sp³-hybridized carbons (Fsp3) is 1.00. The molecule has 0 aromatic carbocycles. The fourth-order valence-corrected chi connectivity index (χ4v) is 3.92. The molecular formula is C15H30N2. The SMILES string of the molecule is CCC(C)NC1(CN)CCC2(CCCC2)CC1. The van der Waals surface area contributed by atoms with Crippen molar-refractivity contribution in [3.05, 3.63) is 0 Å². The summed E-state index contributed by atoms with van der Waals surface area (Å²) in [5.74, 6) is 0. The van der Waals surface area contributed by atoms with Crippen LogP contribution in [0.4, 0.5) is 0 Å². The molecule has 2 aliphatic carbocycles. The molecule has 1 unspecified atom stereocenters. The Bertz CT molecular complexity index is 233. The van der Waals surface area contributed by atoms with Gasteiger partial charge in [0, 0.05) is 18.1 Å². The number of nitrogens with one attached hydrogen (secondary N) is 1. The highest BCUT2D eigenvalue weighted by Gasteiger charge is 2.43. The molecule has 0 aromatic heterocycles. The number of nitrogens with two attached hydrogens (primary N) is 1. The zero-order chi connectivity index (χ0) is 12.4. The van der Waals surface area contributed by atoms with E-state index in [9.17, 15) is 0 Å². The topological polar surface area (TPSA) is 38.0 Å². The zero-order valence-corrected chi connectivity index (χ0v) is 11.7. The van der Waals surface area contributed by atoms with E-state index >= 15 is 0 Å². The molecule has 2 aliphatic rings. The maximum Gasteiger partial charge on any atom is 0.0306 e. The maximum atomic E-state index is 6.07. The molecular weight excluding hydrogens is 208 g/mol. The van der Waals surface area contributed by atoms with Crippen molar-refractivity contribution in [2.75, 3.05) is 6.54 Å². The molecule has 2 heteroatoms. The summed E-state index contributed by atoms with van der Waals surface area (Å²) in [4.78, 5) is 0. The Morgan fingerprint density at radius 3 is 2.12 bits per heavy atom. The van der Waals surface area contributed by atoms with Gasteiger partial charge in [-0.05, 0) is 57.3 Å². The first-order chi connectivity index (χ1) is 8.14. The van der Waals surface area contributed by atoms with Crippen LogP contribution in [0, 0.1) is 5.41 Å². The fourth-order valence-electron chi connectivity index (χ4n) is 3.92. The largest absolute Gasteiger partial charge is 0.329 e. The van der Waals surface area contributed by atoms with Gasteiger partial charge < -0.3 is 11.1 Å². The van der Waals surface area contributed by atoms with Crippen LogP contribution in [-0.4, -0.2) is 18.1 Å². The van der Waals surface area contributed by atoms with Gasteiger partial charge >= 0.3 is 0 Å². The average molecular weight is 238 g/mol. The quantitative estimate of drug-likeness (QED) is 0.789. The van der Waals surface area contributed by atoms with E-state index < -0.39 is 0 Å². The second kappa shape index (κ2) is 5.27. The summed E-state index contributed by atoms with van der Waals surface area (Å²) in [5, 5.41) is 3.81. The predicted octanol–water partition coefficient (Wildman–Crippen LogP) is 3.21. The first kappa shape index (κ1) is 13.4. The summed E-state index contributed by atoms with van der Waals surface area (Å²) in [6.07, 6.45) is 12.5. The van der Waals surface area contributed by atoms with Crippen LogP contribution in [0.25, 0.3) is 0 Å². The van der Waals surface area contributed by atoms with Crippen LogP contribution in [0.3, 0.4) is 0 Å². The number of rotatable bonds is 4. The van der Waals surface area contributed by atoms with Crippen molar-refractivity contribution in [1.82, 2.24) is 5.32 Å². The molecule has 2 rings (SSSR count). The molecule has 2 nitrogen and oxygen atoms in total. The molecule has 0 amide bonds. The van der Waals surface area contributed by atoms with Gasteiger partial charge in [0.15, 0.2) is 0 Å². The molecule has 17 heavy (non-hydrogen) atoms. The zero-order valence-electron chi connectivity index (χ0n) is 11.7. The molecule has 1 spiro atoms. The molecule has 0 aromatic rings. The Hall–Kier alpha value is -0.0800. The van der Waals surface area contributed by atoms with Crippen LogP contribution in [0.15, 0.2) is 0 Å². The van der Waals surface area contributed by atoms with E-state index in [2.05, 4.69) is 19.2 Å². The van der Waals surface area contributed by atoms with Crippen molar-refractivity contribution in [1.29, 1.82) is 0 Å². The van der Waals surface area contributed by atoms with Crippen molar-refractivity contribution in [2.45, 2.75) is 83.2 Å². The van der Waals surface area contributed by atoms with Crippen LogP contribution in [0.2, 0.25) is 0 Å². The van der Waals surface area contributed by atoms with Crippen LogP contribution >= 0.6 is 0 Å². The van der Waals surface area contributed by atoms with Crippen LogP contribution in [-0.2, 0) is 0 Å². The smallest absolute Gasteiger partial charge is 0.0306 e. The Morgan fingerprint density at radius 2 is 1.65 bits per heavy atom. The van der Waals surface area contributed by atoms with Gasteiger partial charge in [0.1, 0.15) is 0 Å². The predicted molar refractivity (Wildman–Crippen MR) is 74.0 cm³/mol. The van der Waals surface area contributed by atoms with Crippen LogP contribution in [0.1, 0.15) is 71.6 Å². The molecule has 0 bridgehead atoms. The highest BCUT2D eigenvalue weighted by Crippen LogP contribution is 2.51. The minimum Gasteiger partial charge on any atom is -0.329 e. The first-order valence-electron chi connectivity index (χ1n) is 7.61. The van der Waals surface area contributed by atoms with Gasteiger partial charge in [-0.25, -0.2) is 0 Å². The first-order valence-corrected chi connectivity index (χ1v) is 7.61. The third kappa shape index (κ3) is 2.85. The van der Waals surface area contributed by atoms with E-state index in [-0.39, 0.29) is 5.54 Å². The second-order valence-electron chi connectivity index (χ2n) is 6.65. The minimum absolute atomic E-state index is 0.253. The molecule has 0 saturated heterocycles. The number of hydrogen-bond acceptors (Lipinski definition) is 2. The summed E-state index contributed by atoms with van der Waals surface area (Å²) in [6.45, 7) is 5.36. The maximum absolute atomic E-state index is 6.07. The lowest BCUT2D eigenvalue weighted by molar-refractivity contribution is 0.107. The summed E-state index contributed by atoms with van der Waals surface area (Å²) < 4.78 is 0. The van der Waals surface area contributed by atoms with Gasteiger partial charge in [0.25, 0.3) is 0 Å². The highest BCUT2D eigenvalue weighted by atomic mass is 15.0. The minimum atomic E-state index is 0.253. The molecule has 2 fully saturated rings. The lowest BCUT2D eigenvalue weighted by Gasteiger charge is -2.46. The van der Waals surface area contributed by atoms with Crippen molar-refractivity contribution < 1.29 is 0 Å². The van der Waals surface area contributed by atoms with Crippen LogP contribution < -0.4 is 11.1 Å². The molecule has 0 heterocycles. The summed E-state index contributed by atoms with van der Waals surface area (Å²) >= 11 is 0. The lowest BCUT2D eigenvalue weighted by atomic mass is 9.66. The van der Waals surface area contributed by atoms with Crippen molar-refractivity contribution in [3.8, 4) is 0 Å². The molecule has 0 aliphatic heterocycles. The Balaban J connectivity index is 1.94. The van der Waals surface area contributed by atoms with Gasteiger partial charge in [0.05, 0.1) is 0 Å². The van der Waals surface area contributed by atoms with E-state index in [0.29, 0.717) is 6.04 Å². The molecule has 100 valence electrons. The van der Waals surface area contributed by atoms with Gasteiger partial charge in [-0.3, -0.25) is 0 Å². The molecule has 1 atom stereocenters. The lowest BCUT2D eigenvalue weighted by Crippen LogP contribution is -2.57. The summed E-state index contributed by atoms with van der Waals surface area (Å²) in [6, 6.07) is 0.608. The van der Waals surface area contributed by atoms with Crippen molar-refractivity contribution >= 4 is 0 Å². The Labute approximate surface area is 107 Å². The molecule has 3 N–H and O–H groups in total. The molecule has 2 saturated carbocycles. The standard InChI is InChI=1S/C15H30N2/c1-3-13(2)17-15(12-16)10-8-14(9-11-15)6-4-5-7-14/h13,17H,3-12,16H2,1-2H3. The van der Waals surface area contributed by atoms with Crippen LogP contribution in [0.5, 0.6) is 0 Å². The van der Waals surface area contributed by atoms with Gasteiger partial charge in [-0.15, -0.1) is 0 Å². The monoisotopic (exact) mass is 238 g/mol. The highest BCUT2D eigenvalue weighted by molar-refractivity contribution is 5.00. The van der Waals surface area contributed by atoms with Gasteiger partial charge in [0.2, 0.25) is 0 Å². The Morgan fingerprint density at radius 1 is 1.06 bits per heavy atom.